The molecule has 3 heteroatoms. The highest BCUT2D eigenvalue weighted by Crippen LogP contribution is 2.64. The van der Waals surface area contributed by atoms with E-state index >= 15 is 0 Å². The summed E-state index contributed by atoms with van der Waals surface area (Å²) >= 11 is 0. The second-order valence-electron chi connectivity index (χ2n) is 14.8. The van der Waals surface area contributed by atoms with E-state index < -0.39 is 5.41 Å². The van der Waals surface area contributed by atoms with Crippen LogP contribution in [0, 0.1) is 0 Å². The maximum absolute atomic E-state index is 6.97. The van der Waals surface area contributed by atoms with E-state index in [4.69, 9.17) is 14.4 Å². The average molecular weight is 713 g/mol. The van der Waals surface area contributed by atoms with Crippen LogP contribution in [0.3, 0.4) is 0 Å². The Morgan fingerprint density at radius 1 is 0.375 bits per heavy atom. The number of aromatic nitrogens is 2. The van der Waals surface area contributed by atoms with Crippen molar-refractivity contribution in [1.82, 2.24) is 9.97 Å². The Hall–Kier alpha value is -7.36. The molecule has 260 valence electrons. The first-order valence-corrected chi connectivity index (χ1v) is 19.2. The number of rotatable bonds is 4. The third-order valence-electron chi connectivity index (χ3n) is 11.9. The van der Waals surface area contributed by atoms with Gasteiger partial charge in [0.05, 0.1) is 11.4 Å². The van der Waals surface area contributed by atoms with Crippen LogP contribution in [0.2, 0.25) is 0 Å². The number of nitrogens with zero attached hydrogens (tertiary/aromatic N) is 2. The van der Waals surface area contributed by atoms with Gasteiger partial charge in [0.1, 0.15) is 16.8 Å². The maximum atomic E-state index is 6.97. The molecule has 0 unspecified atom stereocenters. The number of benzene rings is 8. The summed E-state index contributed by atoms with van der Waals surface area (Å²) in [5.41, 5.74) is 16.3. The van der Waals surface area contributed by atoms with Gasteiger partial charge in [0, 0.05) is 27.6 Å². The van der Waals surface area contributed by atoms with Gasteiger partial charge in [-0.2, -0.15) is 0 Å². The van der Waals surface area contributed by atoms with E-state index in [9.17, 15) is 0 Å². The summed E-state index contributed by atoms with van der Waals surface area (Å²) in [5.74, 6) is 1.71. The molecule has 0 radical (unpaired) electrons. The molecule has 0 atom stereocenters. The van der Waals surface area contributed by atoms with E-state index in [1.54, 1.807) is 0 Å². The number of para-hydroxylation sites is 1. The van der Waals surface area contributed by atoms with Crippen molar-refractivity contribution < 1.29 is 4.42 Å². The van der Waals surface area contributed by atoms with Gasteiger partial charge in [-0.25, -0.2) is 9.97 Å². The van der Waals surface area contributed by atoms with Crippen molar-refractivity contribution in [2.24, 2.45) is 0 Å². The minimum absolute atomic E-state index is 0.538. The Kier molecular flexibility index (Phi) is 6.55. The molecular weight excluding hydrogens is 681 g/mol. The Morgan fingerprint density at radius 2 is 0.964 bits per heavy atom. The van der Waals surface area contributed by atoms with E-state index in [0.717, 1.165) is 55.9 Å². The lowest BCUT2D eigenvalue weighted by molar-refractivity contribution is 0.507. The molecule has 3 nitrogen and oxygen atoms in total. The fraction of sp³-hybridized carbons (Fsp3) is 0.0189. The monoisotopic (exact) mass is 712 g/mol. The largest absolute Gasteiger partial charge is 0.459 e. The van der Waals surface area contributed by atoms with Gasteiger partial charge in [-0.1, -0.05) is 170 Å². The van der Waals surface area contributed by atoms with E-state index in [-0.39, 0.29) is 0 Å². The molecule has 0 bridgehead atoms. The lowest BCUT2D eigenvalue weighted by atomic mass is 9.73. The lowest BCUT2D eigenvalue weighted by Gasteiger charge is -2.28. The molecule has 0 N–H and O–H groups in total. The first-order chi connectivity index (χ1) is 27.8. The van der Waals surface area contributed by atoms with Crippen LogP contribution in [0.4, 0.5) is 0 Å². The van der Waals surface area contributed by atoms with Crippen molar-refractivity contribution in [1.29, 1.82) is 0 Å². The van der Waals surface area contributed by atoms with Crippen LogP contribution in [0.1, 0.15) is 22.5 Å². The highest BCUT2D eigenvalue weighted by molar-refractivity contribution is 6.05. The molecule has 0 aliphatic heterocycles. The zero-order valence-electron chi connectivity index (χ0n) is 30.3. The lowest BCUT2D eigenvalue weighted by Crippen LogP contribution is -2.25. The van der Waals surface area contributed by atoms with Gasteiger partial charge in [-0.3, -0.25) is 0 Å². The first-order valence-electron chi connectivity index (χ1n) is 19.2. The summed E-state index contributed by atoms with van der Waals surface area (Å²) < 4.78 is 6.97. The van der Waals surface area contributed by atoms with Crippen molar-refractivity contribution in [2.45, 2.75) is 5.41 Å². The van der Waals surface area contributed by atoms with Crippen molar-refractivity contribution >= 4 is 21.7 Å². The Bertz CT molecular complexity index is 3160. The minimum atomic E-state index is -0.538. The predicted molar refractivity (Wildman–Crippen MR) is 227 cm³/mol. The smallest absolute Gasteiger partial charge is 0.160 e. The maximum Gasteiger partial charge on any atom is 0.160 e. The number of furan rings is 1. The molecule has 2 aliphatic rings. The number of hydrogen-bond donors (Lipinski definition) is 0. The summed E-state index contributed by atoms with van der Waals surface area (Å²) in [5, 5.41) is 3.50. The standard InChI is InChI=1S/C53H32N2O/c1-2-15-34(16-3-1)52-54-47(32-48(55-52)41-24-13-17-33-14-4-5-20-38(33)41)37-19-12-18-35(30-37)36-28-29-46-43(31-36)50-42-23-8-11-27-49(42)56-51(50)53(46)44-25-9-6-21-39(44)40-22-7-10-26-45(40)53/h1-32H. The Labute approximate surface area is 324 Å². The molecule has 8 aromatic carbocycles. The summed E-state index contributed by atoms with van der Waals surface area (Å²) in [6.45, 7) is 0. The van der Waals surface area contributed by atoms with Crippen LogP contribution in [-0.4, -0.2) is 9.97 Å². The van der Waals surface area contributed by atoms with Gasteiger partial charge in [0.15, 0.2) is 5.82 Å². The predicted octanol–water partition coefficient (Wildman–Crippen LogP) is 13.4. The average Bonchev–Trinajstić information content (AvgIpc) is 3.90. The molecule has 2 heterocycles. The van der Waals surface area contributed by atoms with Crippen LogP contribution < -0.4 is 0 Å². The van der Waals surface area contributed by atoms with Crippen molar-refractivity contribution in [3.63, 3.8) is 0 Å². The molecule has 10 aromatic rings. The molecule has 0 fully saturated rings. The van der Waals surface area contributed by atoms with Crippen molar-refractivity contribution in [3.8, 4) is 67.3 Å². The zero-order valence-corrected chi connectivity index (χ0v) is 30.3. The number of fused-ring (bicyclic) bond motifs is 13. The summed E-state index contributed by atoms with van der Waals surface area (Å²) in [7, 11) is 0. The molecule has 12 rings (SSSR count). The fourth-order valence-corrected chi connectivity index (χ4v) is 9.48. The third kappa shape index (κ3) is 4.34. The van der Waals surface area contributed by atoms with Gasteiger partial charge in [-0.05, 0) is 79.5 Å². The van der Waals surface area contributed by atoms with Crippen LogP contribution in [0.25, 0.3) is 89.0 Å². The van der Waals surface area contributed by atoms with E-state index in [1.165, 1.54) is 49.7 Å². The molecule has 1 spiro atoms. The van der Waals surface area contributed by atoms with Gasteiger partial charge < -0.3 is 4.42 Å². The second kappa shape index (κ2) is 11.8. The highest BCUT2D eigenvalue weighted by Gasteiger charge is 2.54. The summed E-state index contributed by atoms with van der Waals surface area (Å²) in [6.07, 6.45) is 0. The van der Waals surface area contributed by atoms with Gasteiger partial charge in [0.25, 0.3) is 0 Å². The van der Waals surface area contributed by atoms with Gasteiger partial charge in [0.2, 0.25) is 0 Å². The van der Waals surface area contributed by atoms with E-state index in [0.29, 0.717) is 5.82 Å². The van der Waals surface area contributed by atoms with E-state index in [1.807, 2.05) is 18.2 Å². The normalized spacial score (nSPS) is 13.1. The van der Waals surface area contributed by atoms with E-state index in [2.05, 4.69) is 176 Å². The Morgan fingerprint density at radius 3 is 1.80 bits per heavy atom. The van der Waals surface area contributed by atoms with Gasteiger partial charge in [-0.15, -0.1) is 0 Å². The number of hydrogen-bond acceptors (Lipinski definition) is 3. The van der Waals surface area contributed by atoms with Crippen LogP contribution in [-0.2, 0) is 5.41 Å². The van der Waals surface area contributed by atoms with Crippen LogP contribution >= 0.6 is 0 Å². The SMILES string of the molecule is c1ccc(-c2nc(-c3cccc(-c4ccc5c(c4)-c4c(oc6ccccc46)C54c5ccccc5-c5ccccc54)c3)cc(-c3cccc4ccccc34)n2)cc1. The zero-order chi connectivity index (χ0) is 36.8. The molecule has 0 amide bonds. The molecule has 56 heavy (non-hydrogen) atoms. The summed E-state index contributed by atoms with van der Waals surface area (Å²) in [4.78, 5) is 10.4. The molecule has 0 saturated heterocycles. The van der Waals surface area contributed by atoms with Crippen molar-refractivity contribution in [3.05, 3.63) is 217 Å². The first kappa shape index (κ1) is 31.0. The van der Waals surface area contributed by atoms with Crippen molar-refractivity contribution in [2.75, 3.05) is 0 Å². The molecule has 0 saturated carbocycles. The quantitative estimate of drug-likeness (QED) is 0.182. The summed E-state index contributed by atoms with van der Waals surface area (Å²) in [6, 6.07) is 69.3. The molecule has 2 aliphatic carbocycles. The van der Waals surface area contributed by atoms with Gasteiger partial charge >= 0.3 is 0 Å². The second-order valence-corrected chi connectivity index (χ2v) is 14.8. The third-order valence-corrected chi connectivity index (χ3v) is 11.9. The highest BCUT2D eigenvalue weighted by atomic mass is 16.3. The minimum Gasteiger partial charge on any atom is -0.459 e. The van der Waals surface area contributed by atoms with Crippen LogP contribution in [0.5, 0.6) is 0 Å². The fourth-order valence-electron chi connectivity index (χ4n) is 9.48. The topological polar surface area (TPSA) is 38.9 Å². The molecule has 2 aromatic heterocycles. The Balaban J connectivity index is 1.05. The molecular formula is C53H32N2O. The van der Waals surface area contributed by atoms with Crippen LogP contribution in [0.15, 0.2) is 199 Å².